The van der Waals surface area contributed by atoms with Crippen LogP contribution in [0.5, 0.6) is 0 Å². The molecular weight excluding hydrogens is 242 g/mol. The molecule has 0 spiro atoms. The molecule has 0 fully saturated rings. The van der Waals surface area contributed by atoms with E-state index >= 15 is 0 Å². The summed E-state index contributed by atoms with van der Waals surface area (Å²) in [6.45, 7) is 8.74. The average Bonchev–Trinajstić information content (AvgIpc) is 2.69. The first-order valence-electron chi connectivity index (χ1n) is 6.86. The summed E-state index contributed by atoms with van der Waals surface area (Å²) in [4.78, 5) is 4.55. The Balaban J connectivity index is 2.69. The van der Waals surface area contributed by atoms with Crippen LogP contribution < -0.4 is 5.32 Å². The summed E-state index contributed by atoms with van der Waals surface area (Å²) < 4.78 is 12.5. The molecule has 0 saturated carbocycles. The zero-order valence-electron chi connectivity index (χ0n) is 12.8. The second kappa shape index (κ2) is 8.17. The number of methoxy groups -OCH3 is 2. The smallest absolute Gasteiger partial charge is 0.203 e. The van der Waals surface area contributed by atoms with Gasteiger partial charge in [0.2, 0.25) is 5.95 Å². The molecular formula is C14H27N3O2. The molecule has 0 aliphatic carbocycles. The minimum atomic E-state index is 0.271. The fourth-order valence-electron chi connectivity index (χ4n) is 1.96. The van der Waals surface area contributed by atoms with Gasteiger partial charge in [-0.3, -0.25) is 0 Å². The quantitative estimate of drug-likeness (QED) is 0.699. The number of nitrogens with one attached hydrogen (secondary N) is 1. The molecule has 0 aliphatic heterocycles. The lowest BCUT2D eigenvalue weighted by atomic mass is 10.1. The molecule has 0 saturated heterocycles. The van der Waals surface area contributed by atoms with Crippen molar-refractivity contribution in [1.29, 1.82) is 0 Å². The zero-order valence-corrected chi connectivity index (χ0v) is 12.8. The fraction of sp³-hybridized carbons (Fsp3) is 0.786. The molecule has 1 N–H and O–H groups in total. The van der Waals surface area contributed by atoms with Gasteiger partial charge in [-0.15, -0.1) is 0 Å². The van der Waals surface area contributed by atoms with Crippen molar-refractivity contribution < 1.29 is 9.47 Å². The molecule has 0 bridgehead atoms. The molecule has 19 heavy (non-hydrogen) atoms. The monoisotopic (exact) mass is 269 g/mol. The van der Waals surface area contributed by atoms with Crippen LogP contribution in [0.25, 0.3) is 0 Å². The van der Waals surface area contributed by atoms with Crippen molar-refractivity contribution >= 4 is 5.95 Å². The number of anilines is 1. The standard InChI is InChI=1S/C14H27N3O2/c1-11(2)13(10-19-5)16-14-15-12(3)9-17(14)7-6-8-18-4/h9,11,13H,6-8,10H2,1-5H3,(H,15,16). The number of aryl methyl sites for hydroxylation is 2. The fourth-order valence-corrected chi connectivity index (χ4v) is 1.96. The van der Waals surface area contributed by atoms with Gasteiger partial charge in [-0.25, -0.2) is 4.98 Å². The van der Waals surface area contributed by atoms with Crippen LogP contribution in [0, 0.1) is 12.8 Å². The summed E-state index contributed by atoms with van der Waals surface area (Å²) in [6, 6.07) is 0.271. The van der Waals surface area contributed by atoms with E-state index in [4.69, 9.17) is 9.47 Å². The second-order valence-electron chi connectivity index (χ2n) is 5.20. The van der Waals surface area contributed by atoms with Gasteiger partial charge in [-0.1, -0.05) is 13.8 Å². The van der Waals surface area contributed by atoms with Crippen LogP contribution in [0.2, 0.25) is 0 Å². The molecule has 1 aromatic heterocycles. The van der Waals surface area contributed by atoms with Crippen molar-refractivity contribution in [2.45, 2.75) is 39.8 Å². The van der Waals surface area contributed by atoms with Crippen LogP contribution in [0.15, 0.2) is 6.20 Å². The van der Waals surface area contributed by atoms with Crippen LogP contribution in [-0.4, -0.2) is 43.0 Å². The minimum Gasteiger partial charge on any atom is -0.385 e. The number of ether oxygens (including phenoxy) is 2. The van der Waals surface area contributed by atoms with Gasteiger partial charge in [0.1, 0.15) is 0 Å². The Bertz CT molecular complexity index is 364. The van der Waals surface area contributed by atoms with Gasteiger partial charge in [-0.05, 0) is 19.3 Å². The first-order chi connectivity index (χ1) is 9.08. The lowest BCUT2D eigenvalue weighted by Gasteiger charge is -2.22. The molecule has 110 valence electrons. The lowest BCUT2D eigenvalue weighted by molar-refractivity contribution is 0.170. The highest BCUT2D eigenvalue weighted by atomic mass is 16.5. The Morgan fingerprint density at radius 3 is 2.63 bits per heavy atom. The van der Waals surface area contributed by atoms with Crippen molar-refractivity contribution in [2.24, 2.45) is 5.92 Å². The summed E-state index contributed by atoms with van der Waals surface area (Å²) in [7, 11) is 3.46. The van der Waals surface area contributed by atoms with E-state index in [1.807, 2.05) is 6.92 Å². The Morgan fingerprint density at radius 2 is 2.05 bits per heavy atom. The van der Waals surface area contributed by atoms with E-state index in [1.54, 1.807) is 14.2 Å². The molecule has 5 nitrogen and oxygen atoms in total. The molecule has 1 unspecified atom stereocenters. The Labute approximate surface area is 116 Å². The molecule has 1 aromatic rings. The van der Waals surface area contributed by atoms with Crippen molar-refractivity contribution in [1.82, 2.24) is 9.55 Å². The van der Waals surface area contributed by atoms with E-state index < -0.39 is 0 Å². The van der Waals surface area contributed by atoms with Gasteiger partial charge >= 0.3 is 0 Å². The highest BCUT2D eigenvalue weighted by Crippen LogP contribution is 2.14. The van der Waals surface area contributed by atoms with Crippen LogP contribution in [-0.2, 0) is 16.0 Å². The third kappa shape index (κ3) is 5.20. The Hall–Kier alpha value is -1.07. The third-order valence-electron chi connectivity index (χ3n) is 3.11. The number of aromatic nitrogens is 2. The first-order valence-corrected chi connectivity index (χ1v) is 6.86. The maximum atomic E-state index is 5.26. The predicted molar refractivity (Wildman–Crippen MR) is 77.6 cm³/mol. The molecule has 5 heteroatoms. The largest absolute Gasteiger partial charge is 0.385 e. The summed E-state index contributed by atoms with van der Waals surface area (Å²) in [6.07, 6.45) is 3.06. The summed E-state index contributed by atoms with van der Waals surface area (Å²) in [5.74, 6) is 1.41. The molecule has 0 radical (unpaired) electrons. The highest BCUT2D eigenvalue weighted by Gasteiger charge is 2.16. The van der Waals surface area contributed by atoms with Gasteiger partial charge in [0.05, 0.1) is 18.3 Å². The van der Waals surface area contributed by atoms with E-state index in [-0.39, 0.29) is 6.04 Å². The number of imidazole rings is 1. The van der Waals surface area contributed by atoms with E-state index in [1.165, 1.54) is 0 Å². The molecule has 1 heterocycles. The molecule has 0 amide bonds. The van der Waals surface area contributed by atoms with E-state index in [9.17, 15) is 0 Å². The van der Waals surface area contributed by atoms with Gasteiger partial charge in [0.15, 0.2) is 0 Å². The zero-order chi connectivity index (χ0) is 14.3. The van der Waals surface area contributed by atoms with Crippen LogP contribution in [0.1, 0.15) is 26.0 Å². The summed E-state index contributed by atoms with van der Waals surface area (Å²) in [5.41, 5.74) is 1.03. The van der Waals surface area contributed by atoms with Gasteiger partial charge in [0, 0.05) is 33.6 Å². The SMILES string of the molecule is COCCCn1cc(C)nc1NC(COC)C(C)C. The number of hydrogen-bond acceptors (Lipinski definition) is 4. The topological polar surface area (TPSA) is 48.3 Å². The van der Waals surface area contributed by atoms with E-state index in [2.05, 4.69) is 34.9 Å². The van der Waals surface area contributed by atoms with Gasteiger partial charge in [0.25, 0.3) is 0 Å². The molecule has 0 aliphatic rings. The predicted octanol–water partition coefficient (Wildman–Crippen LogP) is 2.31. The summed E-state index contributed by atoms with van der Waals surface area (Å²) >= 11 is 0. The van der Waals surface area contributed by atoms with Crippen molar-refractivity contribution in [3.8, 4) is 0 Å². The molecule has 0 aromatic carbocycles. The van der Waals surface area contributed by atoms with Crippen molar-refractivity contribution in [3.63, 3.8) is 0 Å². The average molecular weight is 269 g/mol. The first kappa shape index (κ1) is 16.0. The van der Waals surface area contributed by atoms with Crippen molar-refractivity contribution in [2.75, 3.05) is 32.8 Å². The van der Waals surface area contributed by atoms with Gasteiger partial charge < -0.3 is 19.4 Å². The Morgan fingerprint density at radius 1 is 1.32 bits per heavy atom. The van der Waals surface area contributed by atoms with E-state index in [0.29, 0.717) is 12.5 Å². The highest BCUT2D eigenvalue weighted by molar-refractivity contribution is 5.30. The van der Waals surface area contributed by atoms with Crippen LogP contribution in [0.3, 0.4) is 0 Å². The Kier molecular flexibility index (Phi) is 6.87. The summed E-state index contributed by atoms with van der Waals surface area (Å²) in [5, 5.41) is 3.48. The maximum absolute atomic E-state index is 5.26. The molecule has 1 rings (SSSR count). The molecule has 1 atom stereocenters. The number of nitrogens with zero attached hydrogens (tertiary/aromatic N) is 2. The van der Waals surface area contributed by atoms with Gasteiger partial charge in [-0.2, -0.15) is 0 Å². The number of rotatable bonds is 9. The minimum absolute atomic E-state index is 0.271. The second-order valence-corrected chi connectivity index (χ2v) is 5.20. The normalized spacial score (nSPS) is 12.9. The van der Waals surface area contributed by atoms with Crippen LogP contribution >= 0.6 is 0 Å². The third-order valence-corrected chi connectivity index (χ3v) is 3.11. The van der Waals surface area contributed by atoms with E-state index in [0.717, 1.165) is 31.2 Å². The number of hydrogen-bond donors (Lipinski definition) is 1. The van der Waals surface area contributed by atoms with Crippen molar-refractivity contribution in [3.05, 3.63) is 11.9 Å². The van der Waals surface area contributed by atoms with Crippen LogP contribution in [0.4, 0.5) is 5.95 Å². The lowest BCUT2D eigenvalue weighted by Crippen LogP contribution is -2.31. The maximum Gasteiger partial charge on any atom is 0.203 e.